The van der Waals surface area contributed by atoms with Gasteiger partial charge in [0.2, 0.25) is 0 Å². The minimum absolute atomic E-state index is 0.0115. The molecule has 16 heavy (non-hydrogen) atoms. The maximum absolute atomic E-state index is 10.9. The van der Waals surface area contributed by atoms with E-state index >= 15 is 0 Å². The number of rotatable bonds is 7. The molecule has 3 N–H and O–H groups in total. The molecule has 0 rings (SSSR count). The van der Waals surface area contributed by atoms with Gasteiger partial charge in [-0.1, -0.05) is 9.83 Å². The van der Waals surface area contributed by atoms with E-state index < -0.39 is 20.0 Å². The number of nitrogens with zero attached hydrogens (tertiary/aromatic N) is 1. The maximum Gasteiger partial charge on any atom is 0.391 e. The van der Waals surface area contributed by atoms with E-state index in [1.807, 2.05) is 0 Å². The summed E-state index contributed by atoms with van der Waals surface area (Å²) in [6, 6.07) is 0. The van der Waals surface area contributed by atoms with Gasteiger partial charge in [0.15, 0.2) is 6.54 Å². The van der Waals surface area contributed by atoms with Crippen molar-refractivity contribution in [3.63, 3.8) is 0 Å². The topological polar surface area (TPSA) is 103 Å². The summed E-state index contributed by atoms with van der Waals surface area (Å²) in [4.78, 5) is 21.8. The molecule has 0 saturated heterocycles. The smallest absolute Gasteiger partial charge is 0.391 e. The number of carbonyl (C=O) groups excluding carboxylic acids is 2. The summed E-state index contributed by atoms with van der Waals surface area (Å²) in [5.74, 6) is -0.829. The van der Waals surface area contributed by atoms with E-state index in [9.17, 15) is 9.59 Å². The number of carbonyl (C=O) groups is 2. The highest BCUT2D eigenvalue weighted by Gasteiger charge is 2.11. The number of hydrogen-bond acceptors (Lipinski definition) is 5. The standard InChI is InChI=1S/C8H17N3O4P/c1-3-14-7(12)5-10-16(9)11-6-8(13)15-4-2/h3-6H2,1-2H3,(H3,9,10,11)/q+1. The molecule has 0 amide bonds. The molecule has 0 aliphatic rings. The van der Waals surface area contributed by atoms with Gasteiger partial charge in [0.1, 0.15) is 6.54 Å². The molecule has 0 saturated carbocycles. The van der Waals surface area contributed by atoms with E-state index in [0.29, 0.717) is 13.2 Å². The van der Waals surface area contributed by atoms with E-state index in [1.54, 1.807) is 13.8 Å². The van der Waals surface area contributed by atoms with Gasteiger partial charge < -0.3 is 9.47 Å². The molecule has 0 aromatic rings. The maximum atomic E-state index is 10.9. The van der Waals surface area contributed by atoms with E-state index in [2.05, 4.69) is 19.3 Å². The van der Waals surface area contributed by atoms with Gasteiger partial charge in [-0.15, -0.1) is 5.50 Å². The van der Waals surface area contributed by atoms with Crippen LogP contribution in [-0.2, 0) is 19.1 Å². The molecule has 0 radical (unpaired) electrons. The van der Waals surface area contributed by atoms with Gasteiger partial charge in [-0.2, -0.15) is 0 Å². The Balaban J connectivity index is 3.78. The predicted octanol–water partition coefficient (Wildman–Crippen LogP) is 0.156. The monoisotopic (exact) mass is 250 g/mol. The third-order valence-electron chi connectivity index (χ3n) is 1.35. The van der Waals surface area contributed by atoms with Gasteiger partial charge >= 0.3 is 20.0 Å². The molecular formula is C8H17N3O4P+. The second kappa shape index (κ2) is 9.21. The second-order valence-corrected chi connectivity index (χ2v) is 3.88. The van der Waals surface area contributed by atoms with Crippen LogP contribution in [0.1, 0.15) is 13.8 Å². The second-order valence-electron chi connectivity index (χ2n) is 2.59. The lowest BCUT2D eigenvalue weighted by Gasteiger charge is -1.97. The summed E-state index contributed by atoms with van der Waals surface area (Å²) in [6.45, 7) is 3.95. The average molecular weight is 250 g/mol. The third kappa shape index (κ3) is 8.28. The van der Waals surface area contributed by atoms with E-state index in [0.717, 1.165) is 0 Å². The van der Waals surface area contributed by atoms with E-state index in [1.165, 1.54) is 0 Å². The number of ether oxygens (including phenoxy) is 2. The Morgan fingerprint density at radius 1 is 1.25 bits per heavy atom. The van der Waals surface area contributed by atoms with Crippen molar-refractivity contribution in [3.8, 4) is 0 Å². The van der Waals surface area contributed by atoms with Gasteiger partial charge in [0.25, 0.3) is 0 Å². The molecule has 0 aromatic carbocycles. The van der Waals surface area contributed by atoms with Crippen molar-refractivity contribution in [2.24, 2.45) is 10.2 Å². The third-order valence-corrected chi connectivity index (χ3v) is 2.28. The first kappa shape index (κ1) is 15.0. The van der Waals surface area contributed by atoms with Crippen molar-refractivity contribution in [2.45, 2.75) is 13.8 Å². The largest absolute Gasteiger partial charge is 0.465 e. The highest BCUT2D eigenvalue weighted by molar-refractivity contribution is 7.42. The van der Waals surface area contributed by atoms with Gasteiger partial charge in [0, 0.05) is 0 Å². The molecule has 0 aromatic heterocycles. The molecule has 8 heteroatoms. The summed E-state index contributed by atoms with van der Waals surface area (Å²) in [7, 11) is -1.39. The van der Waals surface area contributed by atoms with Gasteiger partial charge in [0.05, 0.1) is 13.2 Å². The molecular weight excluding hydrogens is 233 g/mol. The van der Waals surface area contributed by atoms with E-state index in [-0.39, 0.29) is 13.1 Å². The lowest BCUT2D eigenvalue weighted by atomic mass is 10.7. The van der Waals surface area contributed by atoms with Crippen LogP contribution in [0, 0.1) is 0 Å². The molecule has 0 bridgehead atoms. The van der Waals surface area contributed by atoms with Crippen LogP contribution in [0.4, 0.5) is 0 Å². The zero-order valence-electron chi connectivity index (χ0n) is 9.43. The van der Waals surface area contributed by atoms with Crippen LogP contribution in [0.5, 0.6) is 0 Å². The molecule has 0 aliphatic heterocycles. The number of hydrogen-bond donors (Lipinski definition) is 2. The minimum Gasteiger partial charge on any atom is -0.465 e. The average Bonchev–Trinajstić information content (AvgIpc) is 2.24. The quantitative estimate of drug-likeness (QED) is 0.492. The summed E-state index contributed by atoms with van der Waals surface area (Å²) < 4.78 is 13.2. The van der Waals surface area contributed by atoms with E-state index in [4.69, 9.17) is 5.50 Å². The van der Waals surface area contributed by atoms with Gasteiger partial charge in [-0.05, 0) is 13.8 Å². The van der Waals surface area contributed by atoms with Crippen LogP contribution in [-0.4, -0.2) is 38.2 Å². The molecule has 92 valence electrons. The highest BCUT2D eigenvalue weighted by Crippen LogP contribution is 2.06. The van der Waals surface area contributed by atoms with Crippen molar-refractivity contribution < 1.29 is 19.1 Å². The van der Waals surface area contributed by atoms with Crippen LogP contribution in [0.3, 0.4) is 0 Å². The van der Waals surface area contributed by atoms with Crippen molar-refractivity contribution in [1.82, 2.24) is 5.09 Å². The Morgan fingerprint density at radius 3 is 2.38 bits per heavy atom. The Hall–Kier alpha value is -1.04. The lowest BCUT2D eigenvalue weighted by molar-refractivity contribution is -0.142. The van der Waals surface area contributed by atoms with Gasteiger partial charge in [-0.25, -0.2) is 4.79 Å². The summed E-state index contributed by atoms with van der Waals surface area (Å²) in [5.41, 5.74) is 5.53. The van der Waals surface area contributed by atoms with Gasteiger partial charge in [-0.3, -0.25) is 4.79 Å². The number of nitrogens with two attached hydrogens (primary N) is 1. The van der Waals surface area contributed by atoms with Crippen LogP contribution >= 0.6 is 8.01 Å². The fourth-order valence-corrected chi connectivity index (χ4v) is 1.41. The molecule has 7 nitrogen and oxygen atoms in total. The summed E-state index contributed by atoms with van der Waals surface area (Å²) >= 11 is 0. The number of nitrogens with one attached hydrogen (secondary N) is 1. The first-order valence-electron chi connectivity index (χ1n) is 4.87. The molecule has 0 fully saturated rings. The SMILES string of the molecule is CCOC(=O)CN=[P+](N)NCC(=O)OCC. The minimum atomic E-state index is -1.39. The van der Waals surface area contributed by atoms with Crippen LogP contribution in [0.25, 0.3) is 0 Å². The van der Waals surface area contributed by atoms with Crippen molar-refractivity contribution in [3.05, 3.63) is 0 Å². The Labute approximate surface area is 95.3 Å². The Morgan fingerprint density at radius 2 is 1.81 bits per heavy atom. The first-order valence-corrected chi connectivity index (χ1v) is 6.23. The Bertz CT molecular complexity index is 270. The lowest BCUT2D eigenvalue weighted by Crippen LogP contribution is -2.21. The fourth-order valence-electron chi connectivity index (χ4n) is 0.748. The molecule has 0 aliphatic carbocycles. The van der Waals surface area contributed by atoms with Crippen LogP contribution < -0.4 is 10.6 Å². The molecule has 0 spiro atoms. The van der Waals surface area contributed by atoms with Crippen molar-refractivity contribution >= 4 is 20.0 Å². The highest BCUT2D eigenvalue weighted by atomic mass is 31.1. The number of esters is 2. The first-order chi connectivity index (χ1) is 7.60. The summed E-state index contributed by atoms with van der Waals surface area (Å²) in [5, 5.41) is 2.66. The molecule has 0 heterocycles. The van der Waals surface area contributed by atoms with Crippen LogP contribution in [0.2, 0.25) is 0 Å². The zero-order chi connectivity index (χ0) is 12.4. The molecule has 1 unspecified atom stereocenters. The summed E-state index contributed by atoms with van der Waals surface area (Å²) in [6.07, 6.45) is 0. The Kier molecular flexibility index (Phi) is 8.61. The fraction of sp³-hybridized carbons (Fsp3) is 0.750. The normalized spacial score (nSPS) is 11.1. The van der Waals surface area contributed by atoms with Crippen molar-refractivity contribution in [2.75, 3.05) is 26.3 Å². The van der Waals surface area contributed by atoms with Crippen LogP contribution in [0.15, 0.2) is 4.74 Å². The van der Waals surface area contributed by atoms with Crippen molar-refractivity contribution in [1.29, 1.82) is 0 Å². The molecule has 1 atom stereocenters. The predicted molar refractivity (Wildman–Crippen MR) is 59.7 cm³/mol. The zero-order valence-corrected chi connectivity index (χ0v) is 10.3.